The van der Waals surface area contributed by atoms with Gasteiger partial charge in [0.2, 0.25) is 0 Å². The van der Waals surface area contributed by atoms with Crippen LogP contribution in [0.4, 0.5) is 17.3 Å². The molecule has 8 nitrogen and oxygen atoms in total. The van der Waals surface area contributed by atoms with Gasteiger partial charge in [-0.2, -0.15) is 0 Å². The third-order valence-corrected chi connectivity index (χ3v) is 3.27. The first-order valence-electron chi connectivity index (χ1n) is 6.72. The number of nitro groups is 1. The molecule has 1 unspecified atom stereocenters. The van der Waals surface area contributed by atoms with Crippen LogP contribution in [0.3, 0.4) is 0 Å². The van der Waals surface area contributed by atoms with Crippen LogP contribution in [0.15, 0.2) is 12.1 Å². The molecular weight excluding hydrogens is 276 g/mol. The maximum absolute atomic E-state index is 11.0. The van der Waals surface area contributed by atoms with Crippen molar-refractivity contribution in [3.63, 3.8) is 0 Å². The van der Waals surface area contributed by atoms with Gasteiger partial charge in [-0.05, 0) is 13.8 Å². The van der Waals surface area contributed by atoms with Gasteiger partial charge in [0, 0.05) is 20.1 Å². The average Bonchev–Trinajstić information content (AvgIpc) is 2.44. The number of aliphatic hydroxyl groups excluding tert-OH is 1. The number of hydrogen-bond acceptors (Lipinski definition) is 7. The summed E-state index contributed by atoms with van der Waals surface area (Å²) in [6.07, 6.45) is -0.340. The summed E-state index contributed by atoms with van der Waals surface area (Å²) < 4.78 is 5.74. The molecule has 0 radical (unpaired) electrons. The number of pyridine rings is 1. The van der Waals surface area contributed by atoms with Crippen LogP contribution < -0.4 is 10.2 Å². The molecule has 0 amide bonds. The van der Waals surface area contributed by atoms with Gasteiger partial charge in [0.05, 0.1) is 35.4 Å². The standard InChI is InChI=1S/C13H20N4O4/c1-13(2)8-16(6-10(7-18)21-13)12-5-9(17(19)20)4-11(14-3)15-12/h4-5,10,18H,6-8H2,1-3H3,(H,14,15). The summed E-state index contributed by atoms with van der Waals surface area (Å²) in [7, 11) is 1.66. The average molecular weight is 296 g/mol. The van der Waals surface area contributed by atoms with Crippen LogP contribution in [-0.2, 0) is 4.74 Å². The number of anilines is 2. The Morgan fingerprint density at radius 1 is 1.62 bits per heavy atom. The van der Waals surface area contributed by atoms with E-state index in [0.29, 0.717) is 24.7 Å². The largest absolute Gasteiger partial charge is 0.394 e. The van der Waals surface area contributed by atoms with Crippen molar-refractivity contribution in [3.05, 3.63) is 22.2 Å². The first kappa shape index (κ1) is 15.5. The predicted octanol–water partition coefficient (Wildman–Crippen LogP) is 1.01. The number of morpholine rings is 1. The van der Waals surface area contributed by atoms with E-state index in [4.69, 9.17) is 4.74 Å². The highest BCUT2D eigenvalue weighted by atomic mass is 16.6. The van der Waals surface area contributed by atoms with Crippen molar-refractivity contribution in [1.82, 2.24) is 4.98 Å². The molecule has 0 aromatic carbocycles. The maximum Gasteiger partial charge on any atom is 0.276 e. The second-order valence-corrected chi connectivity index (χ2v) is 5.64. The Balaban J connectivity index is 2.35. The van der Waals surface area contributed by atoms with Crippen LogP contribution in [0, 0.1) is 10.1 Å². The first-order valence-corrected chi connectivity index (χ1v) is 6.72. The lowest BCUT2D eigenvalue weighted by atomic mass is 10.1. The van der Waals surface area contributed by atoms with Gasteiger partial charge in [-0.25, -0.2) is 4.98 Å². The van der Waals surface area contributed by atoms with Crippen LogP contribution >= 0.6 is 0 Å². The van der Waals surface area contributed by atoms with E-state index in [-0.39, 0.29) is 18.4 Å². The van der Waals surface area contributed by atoms with Gasteiger partial charge in [-0.3, -0.25) is 10.1 Å². The zero-order chi connectivity index (χ0) is 15.6. The highest BCUT2D eigenvalue weighted by Crippen LogP contribution is 2.28. The summed E-state index contributed by atoms with van der Waals surface area (Å²) in [6.45, 7) is 4.71. The molecule has 1 fully saturated rings. The molecule has 1 aliphatic heterocycles. The molecule has 0 spiro atoms. The summed E-state index contributed by atoms with van der Waals surface area (Å²) in [4.78, 5) is 16.8. The lowest BCUT2D eigenvalue weighted by Gasteiger charge is -2.42. The van der Waals surface area contributed by atoms with Crippen molar-refractivity contribution in [3.8, 4) is 0 Å². The minimum atomic E-state index is -0.461. The second-order valence-electron chi connectivity index (χ2n) is 5.64. The molecule has 116 valence electrons. The molecule has 1 atom stereocenters. The van der Waals surface area contributed by atoms with Crippen LogP contribution in [0.25, 0.3) is 0 Å². The summed E-state index contributed by atoms with van der Waals surface area (Å²) >= 11 is 0. The Bertz CT molecular complexity index is 535. The lowest BCUT2D eigenvalue weighted by molar-refractivity contribution is -0.384. The number of hydrogen-bond donors (Lipinski definition) is 2. The quantitative estimate of drug-likeness (QED) is 0.631. The molecule has 2 rings (SSSR count). The molecule has 0 aliphatic carbocycles. The Labute approximate surface area is 122 Å². The van der Waals surface area contributed by atoms with Crippen molar-refractivity contribution in [2.24, 2.45) is 0 Å². The molecule has 8 heteroatoms. The lowest BCUT2D eigenvalue weighted by Crippen LogP contribution is -2.54. The molecule has 1 aromatic heterocycles. The minimum Gasteiger partial charge on any atom is -0.394 e. The number of nitrogens with one attached hydrogen (secondary N) is 1. The third kappa shape index (κ3) is 3.59. The fourth-order valence-electron chi connectivity index (χ4n) is 2.46. The topological polar surface area (TPSA) is 101 Å². The van der Waals surface area contributed by atoms with Crippen molar-refractivity contribution in [2.75, 3.05) is 37.0 Å². The molecule has 0 bridgehead atoms. The zero-order valence-electron chi connectivity index (χ0n) is 12.4. The number of aromatic nitrogens is 1. The molecule has 2 N–H and O–H groups in total. The summed E-state index contributed by atoms with van der Waals surface area (Å²) in [5.74, 6) is 0.937. The van der Waals surface area contributed by atoms with Gasteiger partial charge in [-0.15, -0.1) is 0 Å². The zero-order valence-corrected chi connectivity index (χ0v) is 12.4. The van der Waals surface area contributed by atoms with Gasteiger partial charge in [0.15, 0.2) is 0 Å². The Morgan fingerprint density at radius 2 is 2.33 bits per heavy atom. The van der Waals surface area contributed by atoms with E-state index in [1.165, 1.54) is 12.1 Å². The highest BCUT2D eigenvalue weighted by molar-refractivity contribution is 5.56. The number of rotatable bonds is 4. The van der Waals surface area contributed by atoms with Crippen molar-refractivity contribution in [1.29, 1.82) is 0 Å². The predicted molar refractivity (Wildman–Crippen MR) is 78.7 cm³/mol. The molecule has 0 saturated carbocycles. The molecule has 2 heterocycles. The SMILES string of the molecule is CNc1cc([N+](=O)[O-])cc(N2CC(CO)OC(C)(C)C2)n1. The summed E-state index contributed by atoms with van der Waals surface area (Å²) in [6, 6.07) is 2.83. The highest BCUT2D eigenvalue weighted by Gasteiger charge is 2.34. The van der Waals surface area contributed by atoms with Gasteiger partial charge in [0.1, 0.15) is 11.6 Å². The van der Waals surface area contributed by atoms with Crippen molar-refractivity contribution >= 4 is 17.3 Å². The van der Waals surface area contributed by atoms with E-state index in [0.717, 1.165) is 0 Å². The van der Waals surface area contributed by atoms with Crippen LogP contribution in [0.5, 0.6) is 0 Å². The van der Waals surface area contributed by atoms with E-state index in [9.17, 15) is 15.2 Å². The molecule has 1 aliphatic rings. The number of aliphatic hydroxyl groups is 1. The van der Waals surface area contributed by atoms with Gasteiger partial charge in [-0.1, -0.05) is 0 Å². The van der Waals surface area contributed by atoms with E-state index in [1.807, 2.05) is 18.7 Å². The first-order chi connectivity index (χ1) is 9.84. The molecule has 21 heavy (non-hydrogen) atoms. The van der Waals surface area contributed by atoms with Gasteiger partial charge in [0.25, 0.3) is 5.69 Å². The van der Waals surface area contributed by atoms with Crippen LogP contribution in [0.1, 0.15) is 13.8 Å². The fourth-order valence-corrected chi connectivity index (χ4v) is 2.46. The molecule has 1 saturated heterocycles. The monoisotopic (exact) mass is 296 g/mol. The van der Waals surface area contributed by atoms with Crippen molar-refractivity contribution in [2.45, 2.75) is 25.6 Å². The Kier molecular flexibility index (Phi) is 4.29. The Hall–Kier alpha value is -1.93. The maximum atomic E-state index is 11.0. The van der Waals surface area contributed by atoms with E-state index >= 15 is 0 Å². The number of nitrogens with zero attached hydrogens (tertiary/aromatic N) is 3. The van der Waals surface area contributed by atoms with Crippen LogP contribution in [-0.4, -0.2) is 53.5 Å². The molecule has 1 aromatic rings. The molecular formula is C13H20N4O4. The Morgan fingerprint density at radius 3 is 2.90 bits per heavy atom. The summed E-state index contributed by atoms with van der Waals surface area (Å²) in [5.41, 5.74) is -0.480. The summed E-state index contributed by atoms with van der Waals surface area (Å²) in [5, 5.41) is 23.2. The second kappa shape index (κ2) is 5.82. The van der Waals surface area contributed by atoms with Gasteiger partial charge < -0.3 is 20.1 Å². The van der Waals surface area contributed by atoms with Gasteiger partial charge >= 0.3 is 0 Å². The van der Waals surface area contributed by atoms with Crippen LogP contribution in [0.2, 0.25) is 0 Å². The fraction of sp³-hybridized carbons (Fsp3) is 0.615. The minimum absolute atomic E-state index is 0.0193. The van der Waals surface area contributed by atoms with E-state index in [1.54, 1.807) is 7.05 Å². The third-order valence-electron chi connectivity index (χ3n) is 3.27. The van der Waals surface area contributed by atoms with E-state index < -0.39 is 10.5 Å². The normalized spacial score (nSPS) is 21.1. The smallest absolute Gasteiger partial charge is 0.276 e. The number of ether oxygens (including phenoxy) is 1. The van der Waals surface area contributed by atoms with E-state index in [2.05, 4.69) is 10.3 Å². The van der Waals surface area contributed by atoms with Crippen molar-refractivity contribution < 1.29 is 14.8 Å².